The molecule has 12 heavy (non-hydrogen) atoms. The van der Waals surface area contributed by atoms with Crippen molar-refractivity contribution < 1.29 is 9.47 Å². The first-order chi connectivity index (χ1) is 5.91. The second-order valence-corrected chi connectivity index (χ2v) is 2.71. The zero-order chi connectivity index (χ0) is 9.07. The first-order valence-electron chi connectivity index (χ1n) is 4.69. The van der Waals surface area contributed by atoms with E-state index in [9.17, 15) is 0 Å². The predicted octanol–water partition coefficient (Wildman–Crippen LogP) is 1.04. The molecule has 0 amide bonds. The van der Waals surface area contributed by atoms with Crippen molar-refractivity contribution in [3.63, 3.8) is 0 Å². The van der Waals surface area contributed by atoms with Gasteiger partial charge in [0.25, 0.3) is 0 Å². The molecular formula is C9H21NO2. The minimum atomic E-state index is 0.689. The van der Waals surface area contributed by atoms with Crippen LogP contribution in [0.15, 0.2) is 0 Å². The van der Waals surface area contributed by atoms with Gasteiger partial charge in [0.2, 0.25) is 0 Å². The van der Waals surface area contributed by atoms with Crippen LogP contribution in [-0.4, -0.2) is 40.0 Å². The summed E-state index contributed by atoms with van der Waals surface area (Å²) in [4.78, 5) is 0. The number of nitrogens with one attached hydrogen (secondary N) is 1. The Hall–Kier alpha value is -0.120. The van der Waals surface area contributed by atoms with Crippen molar-refractivity contribution in [2.75, 3.05) is 40.0 Å². The lowest BCUT2D eigenvalue weighted by molar-refractivity contribution is 0.0720. The molecule has 0 heterocycles. The Morgan fingerprint density at radius 3 is 2.58 bits per heavy atom. The lowest BCUT2D eigenvalue weighted by Crippen LogP contribution is -2.21. The zero-order valence-electron chi connectivity index (χ0n) is 8.27. The molecule has 0 aliphatic rings. The van der Waals surface area contributed by atoms with Gasteiger partial charge in [-0.3, -0.25) is 0 Å². The topological polar surface area (TPSA) is 30.5 Å². The van der Waals surface area contributed by atoms with Crippen molar-refractivity contribution in [1.82, 2.24) is 5.32 Å². The van der Waals surface area contributed by atoms with E-state index in [1.165, 1.54) is 12.8 Å². The van der Waals surface area contributed by atoms with Crippen LogP contribution in [0.25, 0.3) is 0 Å². The number of unbranched alkanes of at least 4 members (excludes halogenated alkanes) is 1. The third-order valence-electron chi connectivity index (χ3n) is 1.56. The molecule has 0 aromatic heterocycles. The quantitative estimate of drug-likeness (QED) is 0.531. The van der Waals surface area contributed by atoms with Crippen molar-refractivity contribution in [1.29, 1.82) is 0 Å². The molecule has 0 saturated heterocycles. The van der Waals surface area contributed by atoms with E-state index < -0.39 is 0 Å². The normalized spacial score (nSPS) is 10.5. The van der Waals surface area contributed by atoms with Gasteiger partial charge in [0.1, 0.15) is 0 Å². The van der Waals surface area contributed by atoms with E-state index in [0.29, 0.717) is 13.2 Å². The summed E-state index contributed by atoms with van der Waals surface area (Å²) in [5.74, 6) is 0. The summed E-state index contributed by atoms with van der Waals surface area (Å²) < 4.78 is 10.1. The van der Waals surface area contributed by atoms with Crippen molar-refractivity contribution >= 4 is 0 Å². The summed E-state index contributed by atoms with van der Waals surface area (Å²) in [5.41, 5.74) is 0. The summed E-state index contributed by atoms with van der Waals surface area (Å²) in [7, 11) is 1.68. The van der Waals surface area contributed by atoms with Crippen LogP contribution < -0.4 is 5.32 Å². The average Bonchev–Trinajstić information content (AvgIpc) is 2.10. The van der Waals surface area contributed by atoms with E-state index in [1.807, 2.05) is 0 Å². The Labute approximate surface area is 75.4 Å². The van der Waals surface area contributed by atoms with E-state index >= 15 is 0 Å². The zero-order valence-corrected chi connectivity index (χ0v) is 8.27. The minimum Gasteiger partial charge on any atom is -0.382 e. The third-order valence-corrected chi connectivity index (χ3v) is 1.56. The Balaban J connectivity index is 2.73. The summed E-state index contributed by atoms with van der Waals surface area (Å²) in [6.45, 7) is 6.42. The van der Waals surface area contributed by atoms with Crippen LogP contribution in [0.2, 0.25) is 0 Å². The van der Waals surface area contributed by atoms with E-state index in [-0.39, 0.29) is 0 Å². The van der Waals surface area contributed by atoms with Gasteiger partial charge < -0.3 is 14.8 Å². The highest BCUT2D eigenvalue weighted by Gasteiger charge is 1.87. The molecule has 0 unspecified atom stereocenters. The van der Waals surface area contributed by atoms with Crippen LogP contribution in [-0.2, 0) is 9.47 Å². The molecule has 0 bridgehead atoms. The molecule has 0 aromatic carbocycles. The Morgan fingerprint density at radius 1 is 1.08 bits per heavy atom. The summed E-state index contributed by atoms with van der Waals surface area (Å²) >= 11 is 0. The number of ether oxygens (including phenoxy) is 2. The fourth-order valence-electron chi connectivity index (χ4n) is 0.815. The first kappa shape index (κ1) is 11.9. The summed E-state index contributed by atoms with van der Waals surface area (Å²) in [6, 6.07) is 0. The number of rotatable bonds is 9. The van der Waals surface area contributed by atoms with Crippen LogP contribution in [0.5, 0.6) is 0 Å². The van der Waals surface area contributed by atoms with E-state index in [4.69, 9.17) is 9.47 Å². The maximum absolute atomic E-state index is 5.27. The van der Waals surface area contributed by atoms with Gasteiger partial charge >= 0.3 is 0 Å². The van der Waals surface area contributed by atoms with Crippen LogP contribution in [0, 0.1) is 0 Å². The smallest absolute Gasteiger partial charge is 0.0700 e. The molecule has 3 nitrogen and oxygen atoms in total. The highest BCUT2D eigenvalue weighted by Crippen LogP contribution is 1.81. The van der Waals surface area contributed by atoms with Crippen molar-refractivity contribution in [2.45, 2.75) is 19.8 Å². The first-order valence-corrected chi connectivity index (χ1v) is 4.69. The molecule has 0 spiro atoms. The molecule has 0 aliphatic carbocycles. The number of methoxy groups -OCH3 is 1. The van der Waals surface area contributed by atoms with E-state index in [0.717, 1.165) is 19.7 Å². The van der Waals surface area contributed by atoms with Crippen molar-refractivity contribution in [2.24, 2.45) is 0 Å². The van der Waals surface area contributed by atoms with Crippen LogP contribution in [0.3, 0.4) is 0 Å². The molecule has 0 aliphatic heterocycles. The standard InChI is InChI=1S/C9H21NO2/c1-3-4-5-10-6-7-12-9-8-11-2/h10H,3-9H2,1-2H3. The van der Waals surface area contributed by atoms with E-state index in [2.05, 4.69) is 12.2 Å². The second kappa shape index (κ2) is 10.9. The third kappa shape index (κ3) is 9.88. The lowest BCUT2D eigenvalue weighted by atomic mass is 10.3. The van der Waals surface area contributed by atoms with Gasteiger partial charge in [-0.25, -0.2) is 0 Å². The fraction of sp³-hybridized carbons (Fsp3) is 1.00. The molecule has 0 aromatic rings. The molecule has 3 heteroatoms. The van der Waals surface area contributed by atoms with E-state index in [1.54, 1.807) is 7.11 Å². The van der Waals surface area contributed by atoms with Crippen molar-refractivity contribution in [3.05, 3.63) is 0 Å². The average molecular weight is 175 g/mol. The molecule has 74 valence electrons. The fourth-order valence-corrected chi connectivity index (χ4v) is 0.815. The van der Waals surface area contributed by atoms with Crippen molar-refractivity contribution in [3.8, 4) is 0 Å². The molecular weight excluding hydrogens is 154 g/mol. The molecule has 0 atom stereocenters. The van der Waals surface area contributed by atoms with Crippen LogP contribution >= 0.6 is 0 Å². The Bertz CT molecular complexity index is 68.9. The largest absolute Gasteiger partial charge is 0.382 e. The minimum absolute atomic E-state index is 0.689. The second-order valence-electron chi connectivity index (χ2n) is 2.71. The van der Waals surface area contributed by atoms with Crippen LogP contribution in [0.4, 0.5) is 0 Å². The lowest BCUT2D eigenvalue weighted by Gasteiger charge is -2.04. The SMILES string of the molecule is CCCCNCCOCCOC. The Morgan fingerprint density at radius 2 is 1.92 bits per heavy atom. The maximum Gasteiger partial charge on any atom is 0.0700 e. The van der Waals surface area contributed by atoms with Gasteiger partial charge in [-0.2, -0.15) is 0 Å². The van der Waals surface area contributed by atoms with Gasteiger partial charge in [0.05, 0.1) is 19.8 Å². The predicted molar refractivity (Wildman–Crippen MR) is 50.5 cm³/mol. The van der Waals surface area contributed by atoms with Gasteiger partial charge in [-0.15, -0.1) is 0 Å². The number of hydrogen-bond acceptors (Lipinski definition) is 3. The van der Waals surface area contributed by atoms with Gasteiger partial charge in [0.15, 0.2) is 0 Å². The molecule has 0 rings (SSSR count). The molecule has 0 radical (unpaired) electrons. The highest BCUT2D eigenvalue weighted by atomic mass is 16.5. The Kier molecular flexibility index (Phi) is 10.8. The van der Waals surface area contributed by atoms with Gasteiger partial charge in [-0.1, -0.05) is 13.3 Å². The van der Waals surface area contributed by atoms with Crippen LogP contribution in [0.1, 0.15) is 19.8 Å². The van der Waals surface area contributed by atoms with Gasteiger partial charge in [-0.05, 0) is 13.0 Å². The van der Waals surface area contributed by atoms with Gasteiger partial charge in [0, 0.05) is 13.7 Å². The molecule has 1 N–H and O–H groups in total. The molecule has 0 fully saturated rings. The summed E-state index contributed by atoms with van der Waals surface area (Å²) in [5, 5.41) is 3.30. The maximum atomic E-state index is 5.27. The highest BCUT2D eigenvalue weighted by molar-refractivity contribution is 4.45. The monoisotopic (exact) mass is 175 g/mol. The summed E-state index contributed by atoms with van der Waals surface area (Å²) in [6.07, 6.45) is 2.50. The molecule has 0 saturated carbocycles. The number of hydrogen-bond donors (Lipinski definition) is 1.